The van der Waals surface area contributed by atoms with Crippen LogP contribution in [-0.4, -0.2) is 51.2 Å². The number of nitrogens with one attached hydrogen (secondary N) is 3. The van der Waals surface area contributed by atoms with Crippen LogP contribution in [0.4, 0.5) is 0 Å². The molecule has 0 heterocycles. The molecule has 94 valence electrons. The van der Waals surface area contributed by atoms with Gasteiger partial charge in [0.25, 0.3) is 0 Å². The van der Waals surface area contributed by atoms with Crippen molar-refractivity contribution < 1.29 is 14.3 Å². The van der Waals surface area contributed by atoms with Crippen molar-refractivity contribution in [2.24, 2.45) is 0 Å². The molecule has 6 heteroatoms. The standard InChI is InChI=1S/C10H21N3O3/c1-8(7-16-3)13-10(15)6-11-4-5-12-9(2)14/h8,11H,4-7H2,1-3H3,(H,12,14)(H,13,15). The molecule has 0 aromatic rings. The van der Waals surface area contributed by atoms with Crippen LogP contribution in [0.2, 0.25) is 0 Å². The van der Waals surface area contributed by atoms with E-state index < -0.39 is 0 Å². The number of ether oxygens (including phenoxy) is 1. The molecular weight excluding hydrogens is 210 g/mol. The lowest BCUT2D eigenvalue weighted by Gasteiger charge is -2.13. The van der Waals surface area contributed by atoms with Crippen molar-refractivity contribution in [3.8, 4) is 0 Å². The van der Waals surface area contributed by atoms with Crippen LogP contribution in [0.15, 0.2) is 0 Å². The lowest BCUT2D eigenvalue weighted by Crippen LogP contribution is -2.42. The Morgan fingerprint density at radius 2 is 2.00 bits per heavy atom. The topological polar surface area (TPSA) is 79.5 Å². The van der Waals surface area contributed by atoms with Gasteiger partial charge in [0.1, 0.15) is 0 Å². The van der Waals surface area contributed by atoms with Crippen molar-refractivity contribution in [2.45, 2.75) is 19.9 Å². The fraction of sp³-hybridized carbons (Fsp3) is 0.800. The van der Waals surface area contributed by atoms with Crippen molar-refractivity contribution in [3.63, 3.8) is 0 Å². The second kappa shape index (κ2) is 9.11. The van der Waals surface area contributed by atoms with Crippen molar-refractivity contribution in [1.82, 2.24) is 16.0 Å². The second-order valence-electron chi connectivity index (χ2n) is 3.58. The van der Waals surface area contributed by atoms with Crippen molar-refractivity contribution >= 4 is 11.8 Å². The summed E-state index contributed by atoms with van der Waals surface area (Å²) in [5.74, 6) is -0.146. The number of carbonyl (C=O) groups is 2. The minimum absolute atomic E-state index is 0.00893. The summed E-state index contributed by atoms with van der Waals surface area (Å²) in [6, 6.07) is 0.00893. The molecule has 0 bridgehead atoms. The maximum atomic E-state index is 11.3. The number of hydrogen-bond acceptors (Lipinski definition) is 4. The molecule has 6 nitrogen and oxygen atoms in total. The van der Waals surface area contributed by atoms with E-state index in [0.29, 0.717) is 19.7 Å². The molecule has 0 aliphatic carbocycles. The molecule has 0 spiro atoms. The normalized spacial score (nSPS) is 11.9. The monoisotopic (exact) mass is 231 g/mol. The van der Waals surface area contributed by atoms with Gasteiger partial charge in [-0.05, 0) is 6.92 Å². The van der Waals surface area contributed by atoms with Crippen LogP contribution in [0.1, 0.15) is 13.8 Å². The molecule has 16 heavy (non-hydrogen) atoms. The summed E-state index contributed by atoms with van der Waals surface area (Å²) in [6.45, 7) is 5.17. The molecule has 0 saturated heterocycles. The quantitative estimate of drug-likeness (QED) is 0.462. The Labute approximate surface area is 96.1 Å². The molecule has 0 fully saturated rings. The van der Waals surface area contributed by atoms with Gasteiger partial charge in [0.15, 0.2) is 0 Å². The van der Waals surface area contributed by atoms with E-state index in [4.69, 9.17) is 4.74 Å². The van der Waals surface area contributed by atoms with Gasteiger partial charge in [0.05, 0.1) is 13.2 Å². The summed E-state index contributed by atoms with van der Waals surface area (Å²) < 4.78 is 4.89. The molecule has 1 atom stereocenters. The van der Waals surface area contributed by atoms with Gasteiger partial charge in [0.2, 0.25) is 11.8 Å². The molecule has 0 radical (unpaired) electrons. The molecule has 3 N–H and O–H groups in total. The van der Waals surface area contributed by atoms with Gasteiger partial charge in [-0.15, -0.1) is 0 Å². The van der Waals surface area contributed by atoms with Crippen LogP contribution < -0.4 is 16.0 Å². The van der Waals surface area contributed by atoms with E-state index in [0.717, 1.165) is 0 Å². The van der Waals surface area contributed by atoms with E-state index in [1.54, 1.807) is 7.11 Å². The Bertz CT molecular complexity index is 221. The van der Waals surface area contributed by atoms with E-state index in [1.807, 2.05) is 6.92 Å². The van der Waals surface area contributed by atoms with Gasteiger partial charge in [-0.2, -0.15) is 0 Å². The number of methoxy groups -OCH3 is 1. The molecule has 0 rings (SSSR count). The first-order valence-corrected chi connectivity index (χ1v) is 5.29. The summed E-state index contributed by atoms with van der Waals surface area (Å²) in [4.78, 5) is 21.8. The number of amides is 2. The van der Waals surface area contributed by atoms with Crippen LogP contribution in [0, 0.1) is 0 Å². The lowest BCUT2D eigenvalue weighted by molar-refractivity contribution is -0.121. The van der Waals surface area contributed by atoms with Crippen LogP contribution in [0.25, 0.3) is 0 Å². The summed E-state index contributed by atoms with van der Waals surface area (Å²) >= 11 is 0. The fourth-order valence-electron chi connectivity index (χ4n) is 1.15. The van der Waals surface area contributed by atoms with Gasteiger partial charge in [-0.25, -0.2) is 0 Å². The van der Waals surface area contributed by atoms with Crippen molar-refractivity contribution in [3.05, 3.63) is 0 Å². The van der Waals surface area contributed by atoms with Crippen LogP contribution >= 0.6 is 0 Å². The molecule has 0 aromatic carbocycles. The van der Waals surface area contributed by atoms with E-state index in [-0.39, 0.29) is 24.4 Å². The SMILES string of the molecule is COCC(C)NC(=O)CNCCNC(C)=O. The number of carbonyl (C=O) groups excluding carboxylic acids is 2. The zero-order chi connectivity index (χ0) is 12.4. The zero-order valence-electron chi connectivity index (χ0n) is 10.1. The largest absolute Gasteiger partial charge is 0.383 e. The average Bonchev–Trinajstić information content (AvgIpc) is 2.16. The molecule has 0 saturated carbocycles. The maximum Gasteiger partial charge on any atom is 0.234 e. The van der Waals surface area contributed by atoms with Crippen LogP contribution in [0.3, 0.4) is 0 Å². The van der Waals surface area contributed by atoms with Gasteiger partial charge in [-0.3, -0.25) is 9.59 Å². The third-order valence-electron chi connectivity index (χ3n) is 1.79. The highest BCUT2D eigenvalue weighted by atomic mass is 16.5. The van der Waals surface area contributed by atoms with Gasteiger partial charge < -0.3 is 20.7 Å². The zero-order valence-corrected chi connectivity index (χ0v) is 10.1. The van der Waals surface area contributed by atoms with Crippen LogP contribution in [0.5, 0.6) is 0 Å². The Balaban J connectivity index is 3.40. The van der Waals surface area contributed by atoms with Gasteiger partial charge in [-0.1, -0.05) is 0 Å². The minimum atomic E-state index is -0.0765. The third-order valence-corrected chi connectivity index (χ3v) is 1.79. The molecule has 2 amide bonds. The maximum absolute atomic E-state index is 11.3. The highest BCUT2D eigenvalue weighted by molar-refractivity contribution is 5.78. The van der Waals surface area contributed by atoms with Crippen molar-refractivity contribution in [2.75, 3.05) is 33.4 Å². The second-order valence-corrected chi connectivity index (χ2v) is 3.58. The highest BCUT2D eigenvalue weighted by Gasteiger charge is 2.05. The average molecular weight is 231 g/mol. The summed E-state index contributed by atoms with van der Waals surface area (Å²) in [7, 11) is 1.59. The van der Waals surface area contributed by atoms with Crippen LogP contribution in [-0.2, 0) is 14.3 Å². The summed E-state index contributed by atoms with van der Waals surface area (Å²) in [5.41, 5.74) is 0. The first kappa shape index (κ1) is 14.9. The Kier molecular flexibility index (Phi) is 8.46. The van der Waals surface area contributed by atoms with E-state index in [9.17, 15) is 9.59 Å². The summed E-state index contributed by atoms with van der Waals surface area (Å²) in [6.07, 6.45) is 0. The van der Waals surface area contributed by atoms with Crippen molar-refractivity contribution in [1.29, 1.82) is 0 Å². The number of hydrogen-bond donors (Lipinski definition) is 3. The van der Waals surface area contributed by atoms with Gasteiger partial charge in [0, 0.05) is 33.2 Å². The van der Waals surface area contributed by atoms with E-state index in [2.05, 4.69) is 16.0 Å². The summed E-state index contributed by atoms with van der Waals surface area (Å²) in [5, 5.41) is 8.31. The first-order chi connectivity index (χ1) is 7.56. The number of rotatable bonds is 8. The Morgan fingerprint density at radius 3 is 2.56 bits per heavy atom. The molecule has 1 unspecified atom stereocenters. The lowest BCUT2D eigenvalue weighted by atomic mass is 10.3. The molecular formula is C10H21N3O3. The predicted molar refractivity (Wildman–Crippen MR) is 61.0 cm³/mol. The minimum Gasteiger partial charge on any atom is -0.383 e. The predicted octanol–water partition coefficient (Wildman–Crippen LogP) is -1.14. The molecule has 0 aliphatic heterocycles. The Morgan fingerprint density at radius 1 is 1.31 bits per heavy atom. The molecule has 0 aromatic heterocycles. The fourth-order valence-corrected chi connectivity index (χ4v) is 1.15. The van der Waals surface area contributed by atoms with Gasteiger partial charge >= 0.3 is 0 Å². The third kappa shape index (κ3) is 9.42. The Hall–Kier alpha value is -1.14. The highest BCUT2D eigenvalue weighted by Crippen LogP contribution is 1.81. The first-order valence-electron chi connectivity index (χ1n) is 5.29. The van der Waals surface area contributed by atoms with E-state index >= 15 is 0 Å². The molecule has 0 aliphatic rings. The smallest absolute Gasteiger partial charge is 0.234 e. The van der Waals surface area contributed by atoms with E-state index in [1.165, 1.54) is 6.92 Å².